The molecule has 2 aliphatic heterocycles. The van der Waals surface area contributed by atoms with Gasteiger partial charge >= 0.3 is 0 Å². The van der Waals surface area contributed by atoms with Gasteiger partial charge in [-0.2, -0.15) is 0 Å². The topological polar surface area (TPSA) is 54.9 Å². The summed E-state index contributed by atoms with van der Waals surface area (Å²) < 4.78 is 11.6. The van der Waals surface area contributed by atoms with Crippen molar-refractivity contribution in [2.24, 2.45) is 4.99 Å². The lowest BCUT2D eigenvalue weighted by Crippen LogP contribution is -2.47. The fourth-order valence-corrected chi connectivity index (χ4v) is 3.48. The predicted molar refractivity (Wildman–Crippen MR) is 96.4 cm³/mol. The number of nitrogens with zero attached hydrogens (tertiary/aromatic N) is 1. The number of rotatable bonds is 8. The van der Waals surface area contributed by atoms with Crippen molar-refractivity contribution in [3.63, 3.8) is 0 Å². The summed E-state index contributed by atoms with van der Waals surface area (Å²) in [5.74, 6) is 0.875. The van der Waals surface area contributed by atoms with Gasteiger partial charge in [0.2, 0.25) is 0 Å². The molecule has 0 saturated carbocycles. The van der Waals surface area contributed by atoms with E-state index in [1.165, 1.54) is 18.4 Å². The molecule has 5 heteroatoms. The average Bonchev–Trinajstić information content (AvgIpc) is 3.23. The molecule has 0 aliphatic carbocycles. The van der Waals surface area contributed by atoms with Crippen molar-refractivity contribution in [1.29, 1.82) is 0 Å². The van der Waals surface area contributed by atoms with Gasteiger partial charge in [0, 0.05) is 20.2 Å². The third-order valence-corrected chi connectivity index (χ3v) is 4.79. The van der Waals surface area contributed by atoms with E-state index in [4.69, 9.17) is 9.47 Å². The molecule has 0 radical (unpaired) electrons. The first-order valence-electron chi connectivity index (χ1n) is 9.09. The molecule has 0 spiro atoms. The molecule has 2 fully saturated rings. The summed E-state index contributed by atoms with van der Waals surface area (Å²) in [6.07, 6.45) is 6.28. The summed E-state index contributed by atoms with van der Waals surface area (Å²) >= 11 is 0. The number of hydrogen-bond acceptors (Lipinski definition) is 3. The molecule has 2 bridgehead atoms. The lowest BCUT2D eigenvalue weighted by Gasteiger charge is -2.22. The van der Waals surface area contributed by atoms with Crippen LogP contribution in [0.1, 0.15) is 31.2 Å². The molecule has 132 valence electrons. The Hall–Kier alpha value is -1.59. The molecule has 2 heterocycles. The number of ether oxygens (including phenoxy) is 2. The van der Waals surface area contributed by atoms with Crippen LogP contribution in [0.15, 0.2) is 35.3 Å². The first kappa shape index (κ1) is 17.2. The Morgan fingerprint density at radius 2 is 2.12 bits per heavy atom. The SMILES string of the molecule is CN=C(NCCCOCCc1ccccc1)NC1CC2CCC1O2. The molecule has 0 amide bonds. The van der Waals surface area contributed by atoms with Crippen LogP contribution in [0.5, 0.6) is 0 Å². The number of benzene rings is 1. The lowest BCUT2D eigenvalue weighted by atomic mass is 9.96. The fourth-order valence-electron chi connectivity index (χ4n) is 3.48. The van der Waals surface area contributed by atoms with Gasteiger partial charge in [-0.1, -0.05) is 30.3 Å². The van der Waals surface area contributed by atoms with Gasteiger partial charge in [-0.25, -0.2) is 0 Å². The summed E-state index contributed by atoms with van der Waals surface area (Å²) in [7, 11) is 1.82. The first-order chi connectivity index (χ1) is 11.8. The number of guanidine groups is 1. The Balaban J connectivity index is 1.23. The maximum atomic E-state index is 5.87. The van der Waals surface area contributed by atoms with Crippen LogP contribution in [0, 0.1) is 0 Å². The van der Waals surface area contributed by atoms with E-state index in [0.29, 0.717) is 18.2 Å². The second-order valence-electron chi connectivity index (χ2n) is 6.56. The Labute approximate surface area is 144 Å². The minimum absolute atomic E-state index is 0.370. The minimum atomic E-state index is 0.370. The Morgan fingerprint density at radius 3 is 2.83 bits per heavy atom. The van der Waals surface area contributed by atoms with Crippen molar-refractivity contribution in [2.45, 2.75) is 50.4 Å². The molecule has 2 saturated heterocycles. The number of hydrogen-bond donors (Lipinski definition) is 2. The van der Waals surface area contributed by atoms with Crippen molar-refractivity contribution >= 4 is 5.96 Å². The molecule has 2 aliphatic rings. The van der Waals surface area contributed by atoms with Gasteiger partial charge in [0.25, 0.3) is 0 Å². The van der Waals surface area contributed by atoms with Gasteiger partial charge in [0.15, 0.2) is 5.96 Å². The standard InChI is InChI=1S/C19H29N3O2/c1-20-19(22-17-14-16-8-9-18(17)24-16)21-11-5-12-23-13-10-15-6-3-2-4-7-15/h2-4,6-7,16-18H,5,8-14H2,1H3,(H2,20,21,22). The summed E-state index contributed by atoms with van der Waals surface area (Å²) in [5.41, 5.74) is 1.33. The molecule has 3 unspecified atom stereocenters. The molecule has 24 heavy (non-hydrogen) atoms. The Morgan fingerprint density at radius 1 is 1.25 bits per heavy atom. The minimum Gasteiger partial charge on any atom is -0.381 e. The van der Waals surface area contributed by atoms with Crippen LogP contribution in [-0.4, -0.2) is 51.0 Å². The average molecular weight is 331 g/mol. The lowest BCUT2D eigenvalue weighted by molar-refractivity contribution is 0.0992. The van der Waals surface area contributed by atoms with Gasteiger partial charge in [0.1, 0.15) is 0 Å². The summed E-state index contributed by atoms with van der Waals surface area (Å²) in [5, 5.41) is 6.86. The molecule has 2 N–H and O–H groups in total. The van der Waals surface area contributed by atoms with E-state index in [0.717, 1.165) is 45.0 Å². The van der Waals surface area contributed by atoms with Crippen molar-refractivity contribution in [2.75, 3.05) is 26.8 Å². The monoisotopic (exact) mass is 331 g/mol. The highest BCUT2D eigenvalue weighted by Crippen LogP contribution is 2.34. The zero-order chi connectivity index (χ0) is 16.6. The predicted octanol–water partition coefficient (Wildman–Crippen LogP) is 2.12. The highest BCUT2D eigenvalue weighted by molar-refractivity contribution is 5.80. The molecule has 0 aromatic heterocycles. The van der Waals surface area contributed by atoms with E-state index in [1.54, 1.807) is 0 Å². The Bertz CT molecular complexity index is 521. The normalized spacial score (nSPS) is 25.9. The number of nitrogens with one attached hydrogen (secondary N) is 2. The van der Waals surface area contributed by atoms with Crippen LogP contribution in [0.3, 0.4) is 0 Å². The van der Waals surface area contributed by atoms with Crippen LogP contribution in [0.25, 0.3) is 0 Å². The largest absolute Gasteiger partial charge is 0.381 e. The molecule has 1 aromatic rings. The maximum absolute atomic E-state index is 5.87. The smallest absolute Gasteiger partial charge is 0.191 e. The van der Waals surface area contributed by atoms with Crippen molar-refractivity contribution in [1.82, 2.24) is 10.6 Å². The molecular formula is C19H29N3O2. The van der Waals surface area contributed by atoms with Crippen LogP contribution in [-0.2, 0) is 15.9 Å². The van der Waals surface area contributed by atoms with Gasteiger partial charge in [-0.15, -0.1) is 0 Å². The summed E-state index contributed by atoms with van der Waals surface area (Å²) in [4.78, 5) is 4.31. The Kier molecular flexibility index (Phi) is 6.49. The van der Waals surface area contributed by atoms with Gasteiger partial charge in [-0.05, 0) is 37.7 Å². The maximum Gasteiger partial charge on any atom is 0.191 e. The molecular weight excluding hydrogens is 302 g/mol. The molecule has 1 aromatic carbocycles. The zero-order valence-electron chi connectivity index (χ0n) is 14.5. The van der Waals surface area contributed by atoms with Crippen LogP contribution in [0.4, 0.5) is 0 Å². The third-order valence-electron chi connectivity index (χ3n) is 4.79. The number of fused-ring (bicyclic) bond motifs is 2. The van der Waals surface area contributed by atoms with Crippen LogP contribution < -0.4 is 10.6 Å². The summed E-state index contributed by atoms with van der Waals surface area (Å²) in [6, 6.07) is 10.9. The third kappa shape index (κ3) is 4.95. The van der Waals surface area contributed by atoms with E-state index in [1.807, 2.05) is 13.1 Å². The molecule has 3 atom stereocenters. The van der Waals surface area contributed by atoms with E-state index < -0.39 is 0 Å². The van der Waals surface area contributed by atoms with Crippen molar-refractivity contribution < 1.29 is 9.47 Å². The molecule has 3 rings (SSSR count). The van der Waals surface area contributed by atoms with Crippen LogP contribution >= 0.6 is 0 Å². The fraction of sp³-hybridized carbons (Fsp3) is 0.632. The van der Waals surface area contributed by atoms with E-state index in [-0.39, 0.29) is 0 Å². The van der Waals surface area contributed by atoms with E-state index in [9.17, 15) is 0 Å². The summed E-state index contributed by atoms with van der Waals surface area (Å²) in [6.45, 7) is 2.42. The van der Waals surface area contributed by atoms with Gasteiger partial charge in [-0.3, -0.25) is 4.99 Å². The number of aliphatic imine (C=N–C) groups is 1. The van der Waals surface area contributed by atoms with Gasteiger partial charge < -0.3 is 20.1 Å². The highest BCUT2D eigenvalue weighted by atomic mass is 16.5. The van der Waals surface area contributed by atoms with Crippen molar-refractivity contribution in [3.05, 3.63) is 35.9 Å². The van der Waals surface area contributed by atoms with E-state index in [2.05, 4.69) is 39.9 Å². The van der Waals surface area contributed by atoms with Crippen LogP contribution in [0.2, 0.25) is 0 Å². The zero-order valence-corrected chi connectivity index (χ0v) is 14.5. The van der Waals surface area contributed by atoms with Crippen molar-refractivity contribution in [3.8, 4) is 0 Å². The second-order valence-corrected chi connectivity index (χ2v) is 6.56. The highest BCUT2D eigenvalue weighted by Gasteiger charge is 2.40. The molecule has 5 nitrogen and oxygen atoms in total. The second kappa shape index (κ2) is 9.04. The van der Waals surface area contributed by atoms with Gasteiger partial charge in [0.05, 0.1) is 24.9 Å². The quantitative estimate of drug-likeness (QED) is 0.435. The first-order valence-corrected chi connectivity index (χ1v) is 9.09. The van der Waals surface area contributed by atoms with E-state index >= 15 is 0 Å².